The van der Waals surface area contributed by atoms with Gasteiger partial charge in [-0.1, -0.05) is 55.0 Å². The minimum Gasteiger partial charge on any atom is -0.338 e. The van der Waals surface area contributed by atoms with Gasteiger partial charge in [-0.2, -0.15) is 4.98 Å². The van der Waals surface area contributed by atoms with Crippen LogP contribution in [-0.4, -0.2) is 29.3 Å². The van der Waals surface area contributed by atoms with Gasteiger partial charge in [-0.3, -0.25) is 13.8 Å². The van der Waals surface area contributed by atoms with Gasteiger partial charge in [0.25, 0.3) is 5.56 Å². The second kappa shape index (κ2) is 9.02. The average Bonchev–Trinajstić information content (AvgIpc) is 3.47. The van der Waals surface area contributed by atoms with Gasteiger partial charge < -0.3 is 4.52 Å². The molecule has 174 valence electrons. The lowest BCUT2D eigenvalue weighted by Gasteiger charge is -2.12. The zero-order valence-electron chi connectivity index (χ0n) is 19.0. The van der Waals surface area contributed by atoms with Crippen molar-refractivity contribution in [1.82, 2.24) is 29.3 Å². The Balaban J connectivity index is 1.48. The molecule has 8 nitrogen and oxygen atoms in total. The molecule has 3 aromatic heterocycles. The van der Waals surface area contributed by atoms with Crippen LogP contribution in [0.1, 0.15) is 31.7 Å². The summed E-state index contributed by atoms with van der Waals surface area (Å²) in [6, 6.07) is 12.3. The number of fused-ring (bicyclic) bond motifs is 3. The molecule has 0 bridgehead atoms. The molecule has 0 atom stereocenters. The van der Waals surface area contributed by atoms with E-state index in [9.17, 15) is 9.18 Å². The number of para-hydroxylation sites is 1. The smallest absolute Gasteiger partial charge is 0.262 e. The number of aryl methyl sites for hydroxylation is 2. The fraction of sp³-hybridized carbons (Fsp3) is 0.292. The summed E-state index contributed by atoms with van der Waals surface area (Å²) in [5, 5.41) is 13.9. The van der Waals surface area contributed by atoms with E-state index < -0.39 is 0 Å². The van der Waals surface area contributed by atoms with Crippen LogP contribution in [0.25, 0.3) is 28.1 Å². The SMILES string of the molecule is Cc1ccc(-c2noc(CSc3nnc4n(CCC(C)C)c(=O)c5ccccc5n34)n2)cc1F. The maximum absolute atomic E-state index is 13.9. The van der Waals surface area contributed by atoms with Crippen molar-refractivity contribution in [2.24, 2.45) is 5.92 Å². The number of hydrogen-bond acceptors (Lipinski definition) is 7. The highest BCUT2D eigenvalue weighted by Gasteiger charge is 2.18. The Kier molecular flexibility index (Phi) is 5.91. The van der Waals surface area contributed by atoms with E-state index in [4.69, 9.17) is 4.52 Å². The fourth-order valence-electron chi connectivity index (χ4n) is 3.70. The molecular formula is C24H23FN6O2S. The van der Waals surface area contributed by atoms with Gasteiger partial charge >= 0.3 is 0 Å². The Morgan fingerprint density at radius 3 is 2.76 bits per heavy atom. The maximum atomic E-state index is 13.9. The van der Waals surface area contributed by atoms with Crippen molar-refractivity contribution in [3.05, 3.63) is 70.1 Å². The quantitative estimate of drug-likeness (QED) is 0.308. The molecule has 3 heterocycles. The van der Waals surface area contributed by atoms with Gasteiger partial charge in [0.15, 0.2) is 5.16 Å². The minimum atomic E-state index is -0.316. The third-order valence-electron chi connectivity index (χ3n) is 5.63. The monoisotopic (exact) mass is 478 g/mol. The Bertz CT molecular complexity index is 1550. The Labute approximate surface area is 198 Å². The molecule has 10 heteroatoms. The van der Waals surface area contributed by atoms with Crippen molar-refractivity contribution in [2.45, 2.75) is 44.6 Å². The first-order chi connectivity index (χ1) is 16.4. The summed E-state index contributed by atoms with van der Waals surface area (Å²) in [4.78, 5) is 17.5. The van der Waals surface area contributed by atoms with Crippen LogP contribution in [0.4, 0.5) is 4.39 Å². The van der Waals surface area contributed by atoms with E-state index in [0.717, 1.165) is 11.9 Å². The number of rotatable bonds is 7. The van der Waals surface area contributed by atoms with Crippen molar-refractivity contribution in [1.29, 1.82) is 0 Å². The number of thioether (sulfide) groups is 1. The molecule has 0 aliphatic heterocycles. The van der Waals surface area contributed by atoms with Crippen molar-refractivity contribution < 1.29 is 8.91 Å². The molecule has 0 amide bonds. The first-order valence-electron chi connectivity index (χ1n) is 11.0. The van der Waals surface area contributed by atoms with Crippen LogP contribution < -0.4 is 5.56 Å². The van der Waals surface area contributed by atoms with Crippen LogP contribution in [0, 0.1) is 18.7 Å². The van der Waals surface area contributed by atoms with E-state index in [1.807, 2.05) is 28.7 Å². The molecule has 5 rings (SSSR count). The van der Waals surface area contributed by atoms with Crippen LogP contribution in [0.15, 0.2) is 56.9 Å². The molecule has 0 aliphatic rings. The van der Waals surface area contributed by atoms with Crippen LogP contribution >= 0.6 is 11.8 Å². The lowest BCUT2D eigenvalue weighted by atomic mass is 10.1. The summed E-state index contributed by atoms with van der Waals surface area (Å²) >= 11 is 1.38. The lowest BCUT2D eigenvalue weighted by molar-refractivity contribution is 0.391. The molecule has 0 radical (unpaired) electrons. The first kappa shape index (κ1) is 22.3. The molecule has 0 unspecified atom stereocenters. The summed E-state index contributed by atoms with van der Waals surface area (Å²) in [6.07, 6.45) is 0.855. The standard InChI is InChI=1S/C24H23FN6O2S/c1-14(2)10-11-30-22(32)17-6-4-5-7-19(17)31-23(30)27-28-24(31)34-13-20-26-21(29-33-20)16-9-8-15(3)18(25)12-16/h4-9,12,14H,10-11,13H2,1-3H3. The molecule has 0 saturated heterocycles. The molecule has 34 heavy (non-hydrogen) atoms. The van der Waals surface area contributed by atoms with E-state index in [2.05, 4.69) is 34.2 Å². The predicted octanol–water partition coefficient (Wildman–Crippen LogP) is 4.88. The molecule has 0 N–H and O–H groups in total. The normalized spacial score (nSPS) is 11.8. The Hall–Kier alpha value is -3.53. The second-order valence-electron chi connectivity index (χ2n) is 8.54. The third-order valence-corrected chi connectivity index (χ3v) is 6.54. The van der Waals surface area contributed by atoms with Gasteiger partial charge in [0.05, 0.1) is 16.7 Å². The average molecular weight is 479 g/mol. The molecular weight excluding hydrogens is 455 g/mol. The number of aromatic nitrogens is 6. The molecule has 0 saturated carbocycles. The molecule has 2 aromatic carbocycles. The van der Waals surface area contributed by atoms with Gasteiger partial charge in [0, 0.05) is 12.1 Å². The van der Waals surface area contributed by atoms with E-state index in [-0.39, 0.29) is 11.4 Å². The third kappa shape index (κ3) is 4.09. The Morgan fingerprint density at radius 1 is 1.15 bits per heavy atom. The van der Waals surface area contributed by atoms with Crippen molar-refractivity contribution in [3.63, 3.8) is 0 Å². The molecule has 0 aliphatic carbocycles. The zero-order chi connectivity index (χ0) is 23.8. The molecule has 0 fully saturated rings. The van der Waals surface area contributed by atoms with Gasteiger partial charge in [-0.25, -0.2) is 4.39 Å². The fourth-order valence-corrected chi connectivity index (χ4v) is 4.48. The maximum Gasteiger partial charge on any atom is 0.262 e. The van der Waals surface area contributed by atoms with E-state index in [1.54, 1.807) is 23.6 Å². The minimum absolute atomic E-state index is 0.0698. The highest BCUT2D eigenvalue weighted by atomic mass is 32.2. The van der Waals surface area contributed by atoms with Crippen LogP contribution in [0.5, 0.6) is 0 Å². The van der Waals surface area contributed by atoms with E-state index >= 15 is 0 Å². The largest absolute Gasteiger partial charge is 0.338 e. The first-order valence-corrected chi connectivity index (χ1v) is 12.0. The van der Waals surface area contributed by atoms with Crippen LogP contribution in [-0.2, 0) is 12.3 Å². The number of benzene rings is 2. The van der Waals surface area contributed by atoms with E-state index in [1.165, 1.54) is 17.8 Å². The van der Waals surface area contributed by atoms with Crippen LogP contribution in [0.2, 0.25) is 0 Å². The van der Waals surface area contributed by atoms with Crippen molar-refractivity contribution in [3.8, 4) is 11.4 Å². The predicted molar refractivity (Wildman–Crippen MR) is 128 cm³/mol. The van der Waals surface area contributed by atoms with Crippen molar-refractivity contribution in [2.75, 3.05) is 0 Å². The Morgan fingerprint density at radius 2 is 1.97 bits per heavy atom. The topological polar surface area (TPSA) is 91.1 Å². The summed E-state index contributed by atoms with van der Waals surface area (Å²) < 4.78 is 22.9. The lowest BCUT2D eigenvalue weighted by Crippen LogP contribution is -2.24. The van der Waals surface area contributed by atoms with Gasteiger partial charge in [-0.05, 0) is 43.0 Å². The highest BCUT2D eigenvalue weighted by molar-refractivity contribution is 7.98. The van der Waals surface area contributed by atoms with E-state index in [0.29, 0.717) is 57.4 Å². The summed E-state index contributed by atoms with van der Waals surface area (Å²) in [5.74, 6) is 1.70. The summed E-state index contributed by atoms with van der Waals surface area (Å²) in [5.41, 5.74) is 1.79. The zero-order valence-corrected chi connectivity index (χ0v) is 19.8. The number of nitrogens with zero attached hydrogens (tertiary/aromatic N) is 6. The number of hydrogen-bond donors (Lipinski definition) is 0. The van der Waals surface area contributed by atoms with Gasteiger partial charge in [-0.15, -0.1) is 10.2 Å². The number of halogens is 1. The molecule has 5 aromatic rings. The molecule has 0 spiro atoms. The van der Waals surface area contributed by atoms with Gasteiger partial charge in [0.1, 0.15) is 5.82 Å². The van der Waals surface area contributed by atoms with Crippen LogP contribution in [0.3, 0.4) is 0 Å². The second-order valence-corrected chi connectivity index (χ2v) is 9.48. The highest BCUT2D eigenvalue weighted by Crippen LogP contribution is 2.26. The summed E-state index contributed by atoms with van der Waals surface area (Å²) in [6.45, 7) is 6.51. The summed E-state index contributed by atoms with van der Waals surface area (Å²) in [7, 11) is 0. The van der Waals surface area contributed by atoms with Gasteiger partial charge in [0.2, 0.25) is 17.5 Å². The van der Waals surface area contributed by atoms with Crippen molar-refractivity contribution >= 4 is 28.4 Å².